The molecule has 0 fully saturated rings. The van der Waals surface area contributed by atoms with Crippen molar-refractivity contribution < 1.29 is 4.74 Å². The minimum absolute atomic E-state index is 0.891. The molecule has 0 radical (unpaired) electrons. The van der Waals surface area contributed by atoms with Crippen molar-refractivity contribution >= 4 is 13.3 Å². The Labute approximate surface area is 87.1 Å². The van der Waals surface area contributed by atoms with Gasteiger partial charge in [-0.05, 0) is 24.5 Å². The van der Waals surface area contributed by atoms with Gasteiger partial charge in [0.05, 0.1) is 14.7 Å². The average molecular weight is 206 g/mol. The number of hydrogen-bond acceptors (Lipinski definition) is 1. The van der Waals surface area contributed by atoms with Gasteiger partial charge in [0.1, 0.15) is 5.75 Å². The van der Waals surface area contributed by atoms with Crippen molar-refractivity contribution in [1.29, 1.82) is 0 Å². The normalized spacial score (nSPS) is 15.9. The molecule has 2 rings (SSSR count). The topological polar surface area (TPSA) is 9.23 Å². The van der Waals surface area contributed by atoms with Gasteiger partial charge in [0, 0.05) is 0 Å². The van der Waals surface area contributed by atoms with Crippen LogP contribution in [0.25, 0.3) is 0 Å². The Kier molecular flexibility index (Phi) is 2.39. The Bertz CT molecular complexity index is 339. The second-order valence-corrected chi connectivity index (χ2v) is 10.0. The minimum atomic E-state index is -1.19. The van der Waals surface area contributed by atoms with Gasteiger partial charge in [0.2, 0.25) is 0 Å². The first kappa shape index (κ1) is 9.78. The predicted molar refractivity (Wildman–Crippen MR) is 63.2 cm³/mol. The maximum atomic E-state index is 5.68. The van der Waals surface area contributed by atoms with Crippen molar-refractivity contribution in [1.82, 2.24) is 0 Å². The lowest BCUT2D eigenvalue weighted by atomic mass is 10.1. The molecular formula is C12H18OSi. The zero-order valence-corrected chi connectivity index (χ0v) is 10.3. The molecule has 1 aromatic carbocycles. The molecule has 1 aliphatic rings. The summed E-state index contributed by atoms with van der Waals surface area (Å²) in [6.45, 7) is 8.09. The molecule has 0 aromatic heterocycles. The summed E-state index contributed by atoms with van der Waals surface area (Å²) in [6, 6.07) is 6.54. The Morgan fingerprint density at radius 1 is 1.21 bits per heavy atom. The molecular weight excluding hydrogens is 188 g/mol. The average Bonchev–Trinajstić information content (AvgIpc) is 2.15. The smallest absolute Gasteiger partial charge is 0.122 e. The molecule has 0 atom stereocenters. The second-order valence-electron chi connectivity index (χ2n) is 4.98. The van der Waals surface area contributed by atoms with Gasteiger partial charge in [-0.25, -0.2) is 0 Å². The SMILES string of the molecule is C[Si](C)(C)c1cccc2c1CCCO2. The van der Waals surface area contributed by atoms with Crippen LogP contribution >= 0.6 is 0 Å². The van der Waals surface area contributed by atoms with E-state index in [2.05, 4.69) is 37.8 Å². The summed E-state index contributed by atoms with van der Waals surface area (Å²) in [5.41, 5.74) is 1.48. The van der Waals surface area contributed by atoms with E-state index in [4.69, 9.17) is 4.74 Å². The molecule has 0 amide bonds. The molecule has 0 bridgehead atoms. The molecule has 0 saturated heterocycles. The molecule has 0 spiro atoms. The van der Waals surface area contributed by atoms with Crippen molar-refractivity contribution in [2.45, 2.75) is 32.5 Å². The summed E-state index contributed by atoms with van der Waals surface area (Å²) < 4.78 is 5.68. The minimum Gasteiger partial charge on any atom is -0.493 e. The van der Waals surface area contributed by atoms with Crippen molar-refractivity contribution in [2.24, 2.45) is 0 Å². The van der Waals surface area contributed by atoms with Crippen LogP contribution in [0.15, 0.2) is 18.2 Å². The molecule has 0 saturated carbocycles. The van der Waals surface area contributed by atoms with Crippen molar-refractivity contribution in [3.05, 3.63) is 23.8 Å². The summed E-state index contributed by atoms with van der Waals surface area (Å²) in [7, 11) is -1.19. The van der Waals surface area contributed by atoms with E-state index >= 15 is 0 Å². The molecule has 2 heteroatoms. The fraction of sp³-hybridized carbons (Fsp3) is 0.500. The highest BCUT2D eigenvalue weighted by molar-refractivity contribution is 6.89. The van der Waals surface area contributed by atoms with E-state index in [1.807, 2.05) is 0 Å². The van der Waals surface area contributed by atoms with E-state index in [1.54, 1.807) is 5.19 Å². The number of rotatable bonds is 1. The van der Waals surface area contributed by atoms with Crippen LogP contribution in [0.1, 0.15) is 12.0 Å². The lowest BCUT2D eigenvalue weighted by Crippen LogP contribution is -2.41. The van der Waals surface area contributed by atoms with Gasteiger partial charge in [-0.3, -0.25) is 0 Å². The van der Waals surface area contributed by atoms with E-state index in [0.29, 0.717) is 0 Å². The van der Waals surface area contributed by atoms with Gasteiger partial charge in [0.15, 0.2) is 0 Å². The highest BCUT2D eigenvalue weighted by Gasteiger charge is 2.23. The number of ether oxygens (including phenoxy) is 1. The van der Waals surface area contributed by atoms with Crippen LogP contribution in [0.4, 0.5) is 0 Å². The number of fused-ring (bicyclic) bond motifs is 1. The van der Waals surface area contributed by atoms with Crippen LogP contribution in [0.3, 0.4) is 0 Å². The fourth-order valence-electron chi connectivity index (χ4n) is 2.09. The van der Waals surface area contributed by atoms with Gasteiger partial charge in [-0.15, -0.1) is 0 Å². The standard InChI is InChI=1S/C12H18OSi/c1-14(2,3)12-8-4-7-11-10(12)6-5-9-13-11/h4,7-8H,5-6,9H2,1-3H3. The maximum absolute atomic E-state index is 5.68. The van der Waals surface area contributed by atoms with Gasteiger partial charge in [0.25, 0.3) is 0 Å². The predicted octanol–water partition coefficient (Wildman–Crippen LogP) is 2.56. The van der Waals surface area contributed by atoms with Gasteiger partial charge in [-0.1, -0.05) is 37.0 Å². The lowest BCUT2D eigenvalue weighted by Gasteiger charge is -2.26. The highest BCUT2D eigenvalue weighted by atomic mass is 28.3. The first-order chi connectivity index (χ1) is 6.59. The van der Waals surface area contributed by atoms with E-state index in [1.165, 1.54) is 18.4 Å². The number of hydrogen-bond donors (Lipinski definition) is 0. The van der Waals surface area contributed by atoms with E-state index in [0.717, 1.165) is 12.4 Å². The molecule has 1 aliphatic heterocycles. The Morgan fingerprint density at radius 2 is 2.00 bits per heavy atom. The summed E-state index contributed by atoms with van der Waals surface area (Å²) in [4.78, 5) is 0. The quantitative estimate of drug-likeness (QED) is 0.642. The van der Waals surface area contributed by atoms with Gasteiger partial charge in [-0.2, -0.15) is 0 Å². The first-order valence-corrected chi connectivity index (χ1v) is 8.84. The maximum Gasteiger partial charge on any atom is 0.122 e. The summed E-state index contributed by atoms with van der Waals surface area (Å²) in [6.07, 6.45) is 2.38. The van der Waals surface area contributed by atoms with Crippen molar-refractivity contribution in [3.63, 3.8) is 0 Å². The van der Waals surface area contributed by atoms with Crippen LogP contribution in [0.5, 0.6) is 5.75 Å². The zero-order chi connectivity index (χ0) is 10.2. The molecule has 1 nitrogen and oxygen atoms in total. The summed E-state index contributed by atoms with van der Waals surface area (Å²) in [5, 5.41) is 1.58. The van der Waals surface area contributed by atoms with Crippen LogP contribution in [0.2, 0.25) is 19.6 Å². The zero-order valence-electron chi connectivity index (χ0n) is 9.26. The van der Waals surface area contributed by atoms with Crippen LogP contribution in [-0.4, -0.2) is 14.7 Å². The Hall–Kier alpha value is -0.763. The van der Waals surface area contributed by atoms with Crippen LogP contribution in [-0.2, 0) is 6.42 Å². The van der Waals surface area contributed by atoms with Crippen molar-refractivity contribution in [3.8, 4) is 5.75 Å². The van der Waals surface area contributed by atoms with Crippen LogP contribution < -0.4 is 9.92 Å². The third kappa shape index (κ3) is 1.71. The Morgan fingerprint density at radius 3 is 2.71 bits per heavy atom. The molecule has 0 unspecified atom stereocenters. The molecule has 76 valence electrons. The largest absolute Gasteiger partial charge is 0.493 e. The van der Waals surface area contributed by atoms with Crippen molar-refractivity contribution in [2.75, 3.05) is 6.61 Å². The monoisotopic (exact) mass is 206 g/mol. The molecule has 1 aromatic rings. The van der Waals surface area contributed by atoms with Gasteiger partial charge < -0.3 is 4.74 Å². The number of benzene rings is 1. The molecule has 0 N–H and O–H groups in total. The summed E-state index contributed by atoms with van der Waals surface area (Å²) >= 11 is 0. The lowest BCUT2D eigenvalue weighted by molar-refractivity contribution is 0.289. The van der Waals surface area contributed by atoms with Crippen LogP contribution in [0, 0.1) is 0 Å². The molecule has 0 aliphatic carbocycles. The van der Waals surface area contributed by atoms with E-state index < -0.39 is 8.07 Å². The fourth-order valence-corrected chi connectivity index (χ4v) is 3.84. The first-order valence-electron chi connectivity index (χ1n) is 5.34. The molecule has 14 heavy (non-hydrogen) atoms. The van der Waals surface area contributed by atoms with E-state index in [-0.39, 0.29) is 0 Å². The second kappa shape index (κ2) is 3.43. The third-order valence-electron chi connectivity index (χ3n) is 2.77. The summed E-state index contributed by atoms with van der Waals surface area (Å²) in [5.74, 6) is 1.14. The Balaban J connectivity index is 2.51. The van der Waals surface area contributed by atoms with Gasteiger partial charge >= 0.3 is 0 Å². The third-order valence-corrected chi connectivity index (χ3v) is 4.85. The molecule has 1 heterocycles. The van der Waals surface area contributed by atoms with E-state index in [9.17, 15) is 0 Å². The highest BCUT2D eigenvalue weighted by Crippen LogP contribution is 2.24.